The predicted molar refractivity (Wildman–Crippen MR) is 122 cm³/mol. The highest BCUT2D eigenvalue weighted by Crippen LogP contribution is 2.25. The number of rotatable bonds is 9. The van der Waals surface area contributed by atoms with Crippen LogP contribution in [-0.2, 0) is 16.1 Å². The van der Waals surface area contributed by atoms with Gasteiger partial charge in [0.1, 0.15) is 6.04 Å². The van der Waals surface area contributed by atoms with E-state index in [0.717, 1.165) is 10.5 Å². The fourth-order valence-corrected chi connectivity index (χ4v) is 4.01. The molecule has 2 rings (SSSR count). The minimum atomic E-state index is -0.560. The van der Waals surface area contributed by atoms with Crippen LogP contribution in [0.15, 0.2) is 53.4 Å². The van der Waals surface area contributed by atoms with Gasteiger partial charge in [0.05, 0.1) is 15.8 Å². The molecule has 2 aromatic rings. The van der Waals surface area contributed by atoms with Gasteiger partial charge in [-0.3, -0.25) is 9.59 Å². The first-order chi connectivity index (χ1) is 13.8. The third-order valence-corrected chi connectivity index (χ3v) is 6.00. The topological polar surface area (TPSA) is 49.4 Å². The predicted octanol–water partition coefficient (Wildman–Crippen LogP) is 5.42. The summed E-state index contributed by atoms with van der Waals surface area (Å²) >= 11 is 13.6. The maximum Gasteiger partial charge on any atom is 0.243 e. The molecule has 0 heterocycles. The Kier molecular flexibility index (Phi) is 9.34. The number of hydrogen-bond donors (Lipinski definition) is 1. The van der Waals surface area contributed by atoms with E-state index in [9.17, 15) is 9.59 Å². The lowest BCUT2D eigenvalue weighted by atomic mass is 10.1. The molecule has 1 N–H and O–H groups in total. The van der Waals surface area contributed by atoms with E-state index in [2.05, 4.69) is 5.32 Å². The second-order valence-electron chi connectivity index (χ2n) is 6.96. The summed E-state index contributed by atoms with van der Waals surface area (Å²) in [5, 5.41) is 3.80. The summed E-state index contributed by atoms with van der Waals surface area (Å²) in [4.78, 5) is 28.5. The van der Waals surface area contributed by atoms with Crippen molar-refractivity contribution in [1.29, 1.82) is 0 Å². The second kappa shape index (κ2) is 11.5. The Hall–Kier alpha value is -1.69. The Morgan fingerprint density at radius 2 is 1.76 bits per heavy atom. The molecule has 156 valence electrons. The number of thioether (sulfide) groups is 1. The van der Waals surface area contributed by atoms with E-state index >= 15 is 0 Å². The Balaban J connectivity index is 2.23. The van der Waals surface area contributed by atoms with Crippen molar-refractivity contribution >= 4 is 46.8 Å². The van der Waals surface area contributed by atoms with Gasteiger partial charge >= 0.3 is 0 Å². The van der Waals surface area contributed by atoms with Gasteiger partial charge in [-0.15, -0.1) is 11.8 Å². The van der Waals surface area contributed by atoms with E-state index in [-0.39, 0.29) is 30.2 Å². The van der Waals surface area contributed by atoms with E-state index in [0.29, 0.717) is 16.5 Å². The van der Waals surface area contributed by atoms with Crippen LogP contribution >= 0.6 is 35.0 Å². The largest absolute Gasteiger partial charge is 0.352 e. The van der Waals surface area contributed by atoms with Gasteiger partial charge in [0.15, 0.2) is 0 Å². The number of benzene rings is 2. The zero-order chi connectivity index (χ0) is 21.4. The van der Waals surface area contributed by atoms with Crippen LogP contribution in [0.3, 0.4) is 0 Å². The van der Waals surface area contributed by atoms with Crippen LogP contribution in [0.2, 0.25) is 10.0 Å². The van der Waals surface area contributed by atoms with Crippen molar-refractivity contribution in [1.82, 2.24) is 10.2 Å². The van der Waals surface area contributed by atoms with Crippen molar-refractivity contribution in [2.45, 2.75) is 50.7 Å². The molecular weight excluding hydrogens is 427 g/mol. The molecule has 0 saturated heterocycles. The van der Waals surface area contributed by atoms with Gasteiger partial charge in [-0.05, 0) is 50.1 Å². The molecule has 0 aromatic heterocycles. The first kappa shape index (κ1) is 23.6. The fourth-order valence-electron chi connectivity index (χ4n) is 2.88. The fraction of sp³-hybridized carbons (Fsp3) is 0.364. The van der Waals surface area contributed by atoms with E-state index in [4.69, 9.17) is 23.2 Å². The Morgan fingerprint density at radius 1 is 1.07 bits per heavy atom. The smallest absolute Gasteiger partial charge is 0.243 e. The van der Waals surface area contributed by atoms with E-state index in [1.165, 1.54) is 11.8 Å². The molecule has 29 heavy (non-hydrogen) atoms. The van der Waals surface area contributed by atoms with E-state index in [1.807, 2.05) is 57.2 Å². The standard InChI is InChI=1S/C22H26Cl2N2O2S/c1-4-20(22(28)25-15(2)3)26(13-16-10-11-18(23)19(24)12-16)21(27)14-29-17-8-6-5-7-9-17/h5-12,15,20H,4,13-14H2,1-3H3,(H,25,28)/t20-/m1/s1. The SMILES string of the molecule is CC[C@H](C(=O)NC(C)C)N(Cc1ccc(Cl)c(Cl)c1)C(=O)CSc1ccccc1. The zero-order valence-electron chi connectivity index (χ0n) is 16.8. The Bertz CT molecular complexity index is 831. The molecule has 0 aliphatic carbocycles. The van der Waals surface area contributed by atoms with Crippen molar-refractivity contribution in [3.05, 3.63) is 64.1 Å². The summed E-state index contributed by atoms with van der Waals surface area (Å²) in [6, 6.07) is 14.4. The molecule has 0 spiro atoms. The van der Waals surface area contributed by atoms with Crippen molar-refractivity contribution in [3.63, 3.8) is 0 Å². The number of hydrogen-bond acceptors (Lipinski definition) is 3. The third-order valence-electron chi connectivity index (χ3n) is 4.26. The molecule has 0 fully saturated rings. The Morgan fingerprint density at radius 3 is 2.34 bits per heavy atom. The van der Waals surface area contributed by atoms with Gasteiger partial charge in [-0.2, -0.15) is 0 Å². The minimum absolute atomic E-state index is 0.00262. The van der Waals surface area contributed by atoms with Crippen LogP contribution < -0.4 is 5.32 Å². The van der Waals surface area contributed by atoms with Gasteiger partial charge in [0, 0.05) is 17.5 Å². The number of amides is 2. The zero-order valence-corrected chi connectivity index (χ0v) is 19.2. The van der Waals surface area contributed by atoms with Crippen molar-refractivity contribution in [3.8, 4) is 0 Å². The number of carbonyl (C=O) groups is 2. The summed E-state index contributed by atoms with van der Waals surface area (Å²) < 4.78 is 0. The minimum Gasteiger partial charge on any atom is -0.352 e. The maximum atomic E-state index is 13.1. The molecule has 0 aliphatic rings. The van der Waals surface area contributed by atoms with Crippen LogP contribution in [0.4, 0.5) is 0 Å². The summed E-state index contributed by atoms with van der Waals surface area (Å²) in [5.41, 5.74) is 0.827. The van der Waals surface area contributed by atoms with Gasteiger partial charge in [-0.1, -0.05) is 54.4 Å². The van der Waals surface area contributed by atoms with E-state index < -0.39 is 6.04 Å². The first-order valence-electron chi connectivity index (χ1n) is 9.53. The summed E-state index contributed by atoms with van der Waals surface area (Å²) in [6.45, 7) is 6.00. The Labute approximate surface area is 187 Å². The van der Waals surface area contributed by atoms with Gasteiger partial charge in [0.2, 0.25) is 11.8 Å². The average Bonchev–Trinajstić information content (AvgIpc) is 2.69. The number of halogens is 2. The molecule has 0 unspecified atom stereocenters. The summed E-state index contributed by atoms with van der Waals surface area (Å²) in [6.07, 6.45) is 0.515. The molecule has 1 atom stereocenters. The van der Waals surface area contributed by atoms with E-state index in [1.54, 1.807) is 17.0 Å². The quantitative estimate of drug-likeness (QED) is 0.516. The lowest BCUT2D eigenvalue weighted by Crippen LogP contribution is -2.50. The highest BCUT2D eigenvalue weighted by atomic mass is 35.5. The first-order valence-corrected chi connectivity index (χ1v) is 11.3. The number of carbonyl (C=O) groups excluding carboxylic acids is 2. The lowest BCUT2D eigenvalue weighted by molar-refractivity contribution is -0.139. The normalized spacial score (nSPS) is 11.9. The van der Waals surface area contributed by atoms with Crippen LogP contribution in [0, 0.1) is 0 Å². The van der Waals surface area contributed by atoms with Crippen LogP contribution in [0.1, 0.15) is 32.8 Å². The molecule has 0 radical (unpaired) electrons. The molecule has 7 heteroatoms. The molecule has 0 saturated carbocycles. The molecule has 4 nitrogen and oxygen atoms in total. The average molecular weight is 453 g/mol. The van der Waals surface area contributed by atoms with Gasteiger partial charge < -0.3 is 10.2 Å². The second-order valence-corrected chi connectivity index (χ2v) is 8.82. The van der Waals surface area contributed by atoms with Gasteiger partial charge in [0.25, 0.3) is 0 Å². The van der Waals surface area contributed by atoms with Crippen molar-refractivity contribution < 1.29 is 9.59 Å². The van der Waals surface area contributed by atoms with Crippen LogP contribution in [0.5, 0.6) is 0 Å². The third kappa shape index (κ3) is 7.25. The number of nitrogens with zero attached hydrogens (tertiary/aromatic N) is 1. The van der Waals surface area contributed by atoms with Crippen LogP contribution in [0.25, 0.3) is 0 Å². The monoisotopic (exact) mass is 452 g/mol. The summed E-state index contributed by atoms with van der Waals surface area (Å²) in [5.74, 6) is -0.00660. The summed E-state index contributed by atoms with van der Waals surface area (Å²) in [7, 11) is 0. The number of nitrogens with one attached hydrogen (secondary N) is 1. The highest BCUT2D eigenvalue weighted by Gasteiger charge is 2.29. The van der Waals surface area contributed by atoms with Crippen molar-refractivity contribution in [2.75, 3.05) is 5.75 Å². The molecule has 2 aromatic carbocycles. The molecule has 0 aliphatic heterocycles. The van der Waals surface area contributed by atoms with Crippen molar-refractivity contribution in [2.24, 2.45) is 0 Å². The highest BCUT2D eigenvalue weighted by molar-refractivity contribution is 8.00. The molecular formula is C22H26Cl2N2O2S. The van der Waals surface area contributed by atoms with Gasteiger partial charge in [-0.25, -0.2) is 0 Å². The lowest BCUT2D eigenvalue weighted by Gasteiger charge is -2.31. The molecule has 2 amide bonds. The molecule has 0 bridgehead atoms. The maximum absolute atomic E-state index is 13.1. The van der Waals surface area contributed by atoms with Crippen LogP contribution in [-0.4, -0.2) is 34.6 Å².